The second-order valence-electron chi connectivity index (χ2n) is 7.10. The quantitative estimate of drug-likeness (QED) is 0.530. The fourth-order valence-corrected chi connectivity index (χ4v) is 3.72. The lowest BCUT2D eigenvalue weighted by Crippen LogP contribution is -2.17. The van der Waals surface area contributed by atoms with E-state index in [-0.39, 0.29) is 23.4 Å². The molecular formula is C19H17F2N7O. The first-order valence-electron chi connectivity index (χ1n) is 9.29. The highest BCUT2D eigenvalue weighted by atomic mass is 19.3. The molecule has 2 N–H and O–H groups in total. The maximum Gasteiger partial charge on any atom is 0.335 e. The Morgan fingerprint density at radius 3 is 2.86 bits per heavy atom. The van der Waals surface area contributed by atoms with Crippen molar-refractivity contribution in [2.24, 2.45) is 0 Å². The van der Waals surface area contributed by atoms with Gasteiger partial charge in [0, 0.05) is 17.5 Å². The number of aromatic amines is 1. The maximum absolute atomic E-state index is 14.7. The topological polar surface area (TPSA) is 105 Å². The van der Waals surface area contributed by atoms with E-state index >= 15 is 0 Å². The lowest BCUT2D eigenvalue weighted by Gasteiger charge is -2.13. The van der Waals surface area contributed by atoms with Gasteiger partial charge in [-0.05, 0) is 19.3 Å². The Hall–Kier alpha value is -3.43. The zero-order valence-electron chi connectivity index (χ0n) is 15.2. The Morgan fingerprint density at radius 1 is 1.14 bits per heavy atom. The van der Waals surface area contributed by atoms with Crippen molar-refractivity contribution in [3.05, 3.63) is 60.1 Å². The second-order valence-corrected chi connectivity index (χ2v) is 7.10. The number of benzene rings is 1. The largest absolute Gasteiger partial charge is 0.367 e. The molecule has 0 unspecified atom stereocenters. The first-order chi connectivity index (χ1) is 14.1. The molecule has 1 aromatic carbocycles. The molecule has 1 aliphatic carbocycles. The normalized spacial score (nSPS) is 19.7. The van der Waals surface area contributed by atoms with E-state index < -0.39 is 11.7 Å². The number of hydrogen-bond donors (Lipinski definition) is 2. The summed E-state index contributed by atoms with van der Waals surface area (Å²) >= 11 is 0. The highest BCUT2D eigenvalue weighted by molar-refractivity contribution is 5.85. The van der Waals surface area contributed by atoms with Crippen LogP contribution >= 0.6 is 0 Å². The summed E-state index contributed by atoms with van der Waals surface area (Å²) < 4.78 is 34.5. The molecule has 2 atom stereocenters. The van der Waals surface area contributed by atoms with Crippen LogP contribution in [0.25, 0.3) is 11.0 Å². The molecule has 0 aliphatic heterocycles. The monoisotopic (exact) mass is 397 g/mol. The zero-order chi connectivity index (χ0) is 19.8. The number of rotatable bonds is 5. The van der Waals surface area contributed by atoms with Crippen molar-refractivity contribution in [3.63, 3.8) is 0 Å². The number of anilines is 1. The molecule has 1 aliphatic rings. The first-order valence-corrected chi connectivity index (χ1v) is 9.29. The molecule has 8 nitrogen and oxygen atoms in total. The number of aromatic nitrogens is 6. The Kier molecular flexibility index (Phi) is 4.18. The van der Waals surface area contributed by atoms with Crippen molar-refractivity contribution < 1.29 is 13.3 Å². The molecule has 3 aromatic heterocycles. The van der Waals surface area contributed by atoms with Gasteiger partial charge in [-0.25, -0.2) is 9.97 Å². The number of fused-ring (bicyclic) bond motifs is 1. The third kappa shape index (κ3) is 3.20. The van der Waals surface area contributed by atoms with Gasteiger partial charge in [-0.15, -0.1) is 0 Å². The number of hydrogen-bond acceptors (Lipinski definition) is 7. The lowest BCUT2D eigenvalue weighted by atomic mass is 10.1. The van der Waals surface area contributed by atoms with E-state index in [9.17, 15) is 8.78 Å². The summed E-state index contributed by atoms with van der Waals surface area (Å²) in [5, 5.41) is 14.5. The smallest absolute Gasteiger partial charge is 0.335 e. The summed E-state index contributed by atoms with van der Waals surface area (Å²) in [5.74, 6) is -3.05. The molecule has 0 bridgehead atoms. The molecule has 3 heterocycles. The summed E-state index contributed by atoms with van der Waals surface area (Å²) in [4.78, 5) is 12.4. The number of alkyl halides is 2. The Labute approximate surface area is 163 Å². The van der Waals surface area contributed by atoms with Crippen LogP contribution in [0.5, 0.6) is 0 Å². The molecule has 5 rings (SSSR count). The first kappa shape index (κ1) is 17.7. The van der Waals surface area contributed by atoms with Crippen LogP contribution in [0.15, 0.2) is 47.4 Å². The van der Waals surface area contributed by atoms with E-state index in [0.717, 1.165) is 18.2 Å². The van der Waals surface area contributed by atoms with Crippen LogP contribution in [0.4, 0.5) is 14.6 Å². The average molecular weight is 397 g/mol. The van der Waals surface area contributed by atoms with Crippen LogP contribution in [0, 0.1) is 0 Å². The van der Waals surface area contributed by atoms with E-state index in [1.165, 1.54) is 18.5 Å². The van der Waals surface area contributed by atoms with Crippen LogP contribution < -0.4 is 5.32 Å². The van der Waals surface area contributed by atoms with Crippen LogP contribution in [0.3, 0.4) is 0 Å². The Balaban J connectivity index is 1.30. The van der Waals surface area contributed by atoms with Gasteiger partial charge >= 0.3 is 5.92 Å². The van der Waals surface area contributed by atoms with Crippen molar-refractivity contribution in [1.29, 1.82) is 0 Å². The van der Waals surface area contributed by atoms with Crippen LogP contribution in [-0.2, 0) is 5.92 Å². The molecule has 0 spiro atoms. The summed E-state index contributed by atoms with van der Waals surface area (Å²) in [6.07, 6.45) is 5.41. The molecule has 148 valence electrons. The minimum Gasteiger partial charge on any atom is -0.367 e. The highest BCUT2D eigenvalue weighted by Crippen LogP contribution is 2.38. The van der Waals surface area contributed by atoms with E-state index in [4.69, 9.17) is 4.52 Å². The summed E-state index contributed by atoms with van der Waals surface area (Å²) in [6, 6.07) is 7.61. The average Bonchev–Trinajstić information content (AvgIpc) is 3.49. The summed E-state index contributed by atoms with van der Waals surface area (Å²) in [7, 11) is 0. The van der Waals surface area contributed by atoms with Gasteiger partial charge < -0.3 is 9.84 Å². The third-order valence-corrected chi connectivity index (χ3v) is 5.23. The van der Waals surface area contributed by atoms with Gasteiger partial charge in [0.15, 0.2) is 5.65 Å². The Bertz CT molecular complexity index is 1130. The molecule has 10 heteroatoms. The second kappa shape index (κ2) is 6.87. The fourth-order valence-electron chi connectivity index (χ4n) is 3.72. The van der Waals surface area contributed by atoms with E-state index in [2.05, 4.69) is 35.6 Å². The number of nitrogens with zero attached hydrogens (tertiary/aromatic N) is 5. The summed E-state index contributed by atoms with van der Waals surface area (Å²) in [6.45, 7) is 0. The van der Waals surface area contributed by atoms with Gasteiger partial charge in [-0.1, -0.05) is 35.5 Å². The van der Waals surface area contributed by atoms with Crippen molar-refractivity contribution >= 4 is 16.9 Å². The van der Waals surface area contributed by atoms with Crippen molar-refractivity contribution in [2.75, 3.05) is 5.32 Å². The predicted octanol–water partition coefficient (Wildman–Crippen LogP) is 3.62. The molecule has 29 heavy (non-hydrogen) atoms. The fraction of sp³-hybridized carbons (Fsp3) is 0.316. The maximum atomic E-state index is 14.7. The van der Waals surface area contributed by atoms with Gasteiger partial charge in [0.05, 0.1) is 11.6 Å². The van der Waals surface area contributed by atoms with Gasteiger partial charge in [-0.2, -0.15) is 18.9 Å². The van der Waals surface area contributed by atoms with Crippen molar-refractivity contribution in [1.82, 2.24) is 30.3 Å². The van der Waals surface area contributed by atoms with Crippen LogP contribution in [-0.4, -0.2) is 36.3 Å². The van der Waals surface area contributed by atoms with Crippen molar-refractivity contribution in [2.45, 2.75) is 37.1 Å². The minimum absolute atomic E-state index is 0.0815. The SMILES string of the molecule is FC(F)(c1ccccc1)c1noc([C@H]2CC[C@H](Nc3ncnc4[nH]ncc34)C2)n1. The van der Waals surface area contributed by atoms with Crippen LogP contribution in [0.2, 0.25) is 0 Å². The number of nitrogens with one attached hydrogen (secondary N) is 2. The van der Waals surface area contributed by atoms with Gasteiger partial charge in [0.1, 0.15) is 12.1 Å². The molecule has 4 aromatic rings. The predicted molar refractivity (Wildman–Crippen MR) is 99.4 cm³/mol. The van der Waals surface area contributed by atoms with Gasteiger partial charge in [-0.3, -0.25) is 5.10 Å². The molecule has 0 radical (unpaired) electrons. The highest BCUT2D eigenvalue weighted by Gasteiger charge is 2.41. The lowest BCUT2D eigenvalue weighted by molar-refractivity contribution is 0.0304. The summed E-state index contributed by atoms with van der Waals surface area (Å²) in [5.41, 5.74) is 0.493. The standard InChI is InChI=1S/C19H17F2N7O/c20-19(21,12-4-2-1-3-5-12)18-26-17(29-28-18)11-6-7-13(8-11)25-15-14-9-24-27-16(14)23-10-22-15/h1-5,9-11,13H,6-8H2,(H2,22,23,24,25,27)/t11-,13-/m0/s1. The van der Waals surface area contributed by atoms with Crippen LogP contribution in [0.1, 0.15) is 42.5 Å². The van der Waals surface area contributed by atoms with E-state index in [0.29, 0.717) is 17.9 Å². The molecule has 1 saturated carbocycles. The Morgan fingerprint density at radius 2 is 2.00 bits per heavy atom. The zero-order valence-corrected chi connectivity index (χ0v) is 15.2. The third-order valence-electron chi connectivity index (χ3n) is 5.23. The molecule has 0 saturated heterocycles. The van der Waals surface area contributed by atoms with E-state index in [1.54, 1.807) is 24.4 Å². The van der Waals surface area contributed by atoms with Crippen molar-refractivity contribution in [3.8, 4) is 0 Å². The molecule has 1 fully saturated rings. The minimum atomic E-state index is -3.30. The number of halogens is 2. The molecule has 0 amide bonds. The number of H-pyrrole nitrogens is 1. The van der Waals surface area contributed by atoms with Gasteiger partial charge in [0.25, 0.3) is 0 Å². The van der Waals surface area contributed by atoms with E-state index in [1.807, 2.05) is 0 Å². The van der Waals surface area contributed by atoms with Gasteiger partial charge in [0.2, 0.25) is 11.7 Å². The molecular weight excluding hydrogens is 380 g/mol.